The molecule has 1 aromatic carbocycles. The molecule has 0 bridgehead atoms. The molecule has 1 N–H and O–H groups in total. The summed E-state index contributed by atoms with van der Waals surface area (Å²) in [6, 6.07) is 8.46. The first-order valence-corrected chi connectivity index (χ1v) is 9.50. The molecule has 1 heterocycles. The Hall–Kier alpha value is -1.03. The van der Waals surface area contributed by atoms with Gasteiger partial charge in [-0.2, -0.15) is 0 Å². The predicted molar refractivity (Wildman–Crippen MR) is 82.7 cm³/mol. The van der Waals surface area contributed by atoms with E-state index < -0.39 is 9.84 Å². The van der Waals surface area contributed by atoms with Gasteiger partial charge in [0.05, 0.1) is 5.25 Å². The maximum absolute atomic E-state index is 11.8. The van der Waals surface area contributed by atoms with Crippen LogP contribution in [0.3, 0.4) is 0 Å². The number of para-hydroxylation sites is 1. The highest BCUT2D eigenvalue weighted by Gasteiger charge is 2.34. The number of hydrogen-bond acceptors (Lipinski definition) is 3. The van der Waals surface area contributed by atoms with Gasteiger partial charge in [-0.15, -0.1) is 0 Å². The van der Waals surface area contributed by atoms with Crippen LogP contribution in [0.4, 0.5) is 5.69 Å². The molecule has 3 nitrogen and oxygen atoms in total. The molecule has 1 fully saturated rings. The average Bonchev–Trinajstić information content (AvgIpc) is 2.46. The molecule has 3 unspecified atom stereocenters. The molecule has 20 heavy (non-hydrogen) atoms. The van der Waals surface area contributed by atoms with Crippen LogP contribution in [0.25, 0.3) is 0 Å². The number of nitrogens with one attached hydrogen (secondary N) is 1. The molecule has 1 aliphatic carbocycles. The molecular weight excluding hydrogens is 270 g/mol. The highest BCUT2D eigenvalue weighted by Crippen LogP contribution is 2.37. The lowest BCUT2D eigenvalue weighted by Crippen LogP contribution is -2.36. The first kappa shape index (κ1) is 13.9. The summed E-state index contributed by atoms with van der Waals surface area (Å²) in [5.41, 5.74) is 2.63. The standard InChI is InChI=1S/C16H23NO2S/c1-20(18,19)15-7-4-6-12(10-15)14-9-13-5-2-3-8-16(13)17-11-14/h2-3,5,8,12,14-15,17H,4,6-7,9-11H2,1H3. The number of sulfone groups is 1. The summed E-state index contributed by atoms with van der Waals surface area (Å²) >= 11 is 0. The number of anilines is 1. The van der Waals surface area contributed by atoms with Crippen LogP contribution in [0.2, 0.25) is 0 Å². The van der Waals surface area contributed by atoms with Gasteiger partial charge in [0.25, 0.3) is 0 Å². The first-order chi connectivity index (χ1) is 9.54. The SMILES string of the molecule is CS(=O)(=O)C1CCCC(C2CNc3ccccc3C2)C1. The van der Waals surface area contributed by atoms with Crippen LogP contribution in [-0.4, -0.2) is 26.5 Å². The highest BCUT2D eigenvalue weighted by atomic mass is 32.2. The molecule has 1 aromatic rings. The zero-order valence-corrected chi connectivity index (χ0v) is 12.8. The van der Waals surface area contributed by atoms with Crippen LogP contribution in [0.5, 0.6) is 0 Å². The van der Waals surface area contributed by atoms with Crippen LogP contribution >= 0.6 is 0 Å². The summed E-state index contributed by atoms with van der Waals surface area (Å²) in [5, 5.41) is 3.40. The van der Waals surface area contributed by atoms with Gasteiger partial charge in [0, 0.05) is 18.5 Å². The Labute approximate surface area is 121 Å². The molecule has 3 rings (SSSR count). The maximum atomic E-state index is 11.8. The van der Waals surface area contributed by atoms with Crippen molar-refractivity contribution >= 4 is 15.5 Å². The fourth-order valence-corrected chi connectivity index (χ4v) is 4.99. The Morgan fingerprint density at radius 2 is 1.95 bits per heavy atom. The Balaban J connectivity index is 1.72. The molecule has 4 heteroatoms. The third-order valence-electron chi connectivity index (χ3n) is 4.99. The Morgan fingerprint density at radius 3 is 2.75 bits per heavy atom. The third-order valence-corrected chi connectivity index (χ3v) is 6.63. The van der Waals surface area contributed by atoms with Crippen LogP contribution in [-0.2, 0) is 16.3 Å². The summed E-state index contributed by atoms with van der Waals surface area (Å²) < 4.78 is 23.6. The molecule has 110 valence electrons. The van der Waals surface area contributed by atoms with E-state index in [1.807, 2.05) is 0 Å². The Bertz CT molecular complexity index is 582. The maximum Gasteiger partial charge on any atom is 0.150 e. The fraction of sp³-hybridized carbons (Fsp3) is 0.625. The lowest BCUT2D eigenvalue weighted by molar-refractivity contribution is 0.254. The number of fused-ring (bicyclic) bond motifs is 1. The lowest BCUT2D eigenvalue weighted by atomic mass is 9.76. The van der Waals surface area contributed by atoms with Gasteiger partial charge in [-0.05, 0) is 42.7 Å². The molecule has 0 spiro atoms. The normalized spacial score (nSPS) is 30.4. The van der Waals surface area contributed by atoms with Gasteiger partial charge in [-0.1, -0.05) is 31.0 Å². The van der Waals surface area contributed by atoms with Crippen LogP contribution in [0.15, 0.2) is 24.3 Å². The van der Waals surface area contributed by atoms with E-state index in [2.05, 4.69) is 29.6 Å². The quantitative estimate of drug-likeness (QED) is 0.912. The highest BCUT2D eigenvalue weighted by molar-refractivity contribution is 7.91. The molecule has 0 saturated heterocycles. The van der Waals surface area contributed by atoms with Gasteiger partial charge in [-0.25, -0.2) is 8.42 Å². The molecule has 1 saturated carbocycles. The number of benzene rings is 1. The van der Waals surface area contributed by atoms with Crippen molar-refractivity contribution in [1.82, 2.24) is 0 Å². The van der Waals surface area contributed by atoms with Crippen molar-refractivity contribution < 1.29 is 8.42 Å². The average molecular weight is 293 g/mol. The smallest absolute Gasteiger partial charge is 0.150 e. The van der Waals surface area contributed by atoms with Crippen LogP contribution < -0.4 is 5.32 Å². The largest absolute Gasteiger partial charge is 0.385 e. The lowest BCUT2D eigenvalue weighted by Gasteiger charge is -2.37. The molecular formula is C16H23NO2S. The minimum atomic E-state index is -2.88. The van der Waals surface area contributed by atoms with Gasteiger partial charge in [-0.3, -0.25) is 0 Å². The van der Waals surface area contributed by atoms with Crippen LogP contribution in [0, 0.1) is 11.8 Å². The third kappa shape index (κ3) is 2.85. The minimum absolute atomic E-state index is 0.113. The van der Waals surface area contributed by atoms with Crippen molar-refractivity contribution in [2.24, 2.45) is 11.8 Å². The van der Waals surface area contributed by atoms with E-state index in [9.17, 15) is 8.42 Å². The second-order valence-electron chi connectivity index (χ2n) is 6.38. The van der Waals surface area contributed by atoms with E-state index >= 15 is 0 Å². The second-order valence-corrected chi connectivity index (χ2v) is 8.71. The van der Waals surface area contributed by atoms with E-state index in [1.165, 1.54) is 23.9 Å². The summed E-state index contributed by atoms with van der Waals surface area (Å²) in [6.07, 6.45) is 6.43. The summed E-state index contributed by atoms with van der Waals surface area (Å²) in [6.45, 7) is 0.984. The van der Waals surface area contributed by atoms with Crippen molar-refractivity contribution in [2.45, 2.75) is 37.4 Å². The van der Waals surface area contributed by atoms with Crippen molar-refractivity contribution in [3.8, 4) is 0 Å². The molecule has 3 atom stereocenters. The zero-order valence-electron chi connectivity index (χ0n) is 12.0. The topological polar surface area (TPSA) is 46.2 Å². The van der Waals surface area contributed by atoms with E-state index in [1.54, 1.807) is 0 Å². The summed E-state index contributed by atoms with van der Waals surface area (Å²) in [7, 11) is -2.88. The van der Waals surface area contributed by atoms with Crippen molar-refractivity contribution in [1.29, 1.82) is 0 Å². The van der Waals surface area contributed by atoms with E-state index in [-0.39, 0.29) is 5.25 Å². The molecule has 1 aliphatic heterocycles. The zero-order chi connectivity index (χ0) is 14.2. The fourth-order valence-electron chi connectivity index (χ4n) is 3.80. The first-order valence-electron chi connectivity index (χ1n) is 7.54. The Kier molecular flexibility index (Phi) is 3.76. The Morgan fingerprint density at radius 1 is 1.15 bits per heavy atom. The molecule has 0 amide bonds. The number of hydrogen-bond donors (Lipinski definition) is 1. The number of rotatable bonds is 2. The second kappa shape index (κ2) is 5.40. The molecule has 0 aromatic heterocycles. The van der Waals surface area contributed by atoms with Crippen molar-refractivity contribution in [2.75, 3.05) is 18.1 Å². The summed E-state index contributed by atoms with van der Waals surface area (Å²) in [5.74, 6) is 1.12. The van der Waals surface area contributed by atoms with Gasteiger partial charge in [0.1, 0.15) is 9.84 Å². The van der Waals surface area contributed by atoms with E-state index in [0.29, 0.717) is 11.8 Å². The monoisotopic (exact) mass is 293 g/mol. The van der Waals surface area contributed by atoms with E-state index in [0.717, 1.165) is 32.2 Å². The van der Waals surface area contributed by atoms with Crippen LogP contribution in [0.1, 0.15) is 31.2 Å². The van der Waals surface area contributed by atoms with Gasteiger partial charge in [0.15, 0.2) is 0 Å². The van der Waals surface area contributed by atoms with Crippen molar-refractivity contribution in [3.05, 3.63) is 29.8 Å². The minimum Gasteiger partial charge on any atom is -0.385 e. The van der Waals surface area contributed by atoms with Crippen molar-refractivity contribution in [3.63, 3.8) is 0 Å². The molecule has 2 aliphatic rings. The summed E-state index contributed by atoms with van der Waals surface area (Å²) in [4.78, 5) is 0. The van der Waals surface area contributed by atoms with E-state index in [4.69, 9.17) is 0 Å². The van der Waals surface area contributed by atoms with Gasteiger partial charge < -0.3 is 5.32 Å². The predicted octanol–water partition coefficient (Wildman–Crippen LogP) is 2.87. The van der Waals surface area contributed by atoms with Gasteiger partial charge >= 0.3 is 0 Å². The molecule has 0 radical (unpaired) electrons. The van der Waals surface area contributed by atoms with Gasteiger partial charge in [0.2, 0.25) is 0 Å².